The second kappa shape index (κ2) is 10.6. The van der Waals surface area contributed by atoms with Gasteiger partial charge in [0.05, 0.1) is 6.61 Å². The summed E-state index contributed by atoms with van der Waals surface area (Å²) in [5.41, 5.74) is 4.92. The van der Waals surface area contributed by atoms with Gasteiger partial charge in [0.15, 0.2) is 11.5 Å². The first kappa shape index (κ1) is 23.6. The van der Waals surface area contributed by atoms with Crippen LogP contribution in [-0.4, -0.2) is 61.3 Å². The number of carbonyl (C=O) groups excluding carboxylic acids is 1. The Morgan fingerprint density at radius 2 is 1.76 bits per heavy atom. The fourth-order valence-corrected chi connectivity index (χ4v) is 4.44. The van der Waals surface area contributed by atoms with E-state index < -0.39 is 6.10 Å². The van der Waals surface area contributed by atoms with Gasteiger partial charge in [-0.15, -0.1) is 0 Å². The molecule has 2 aliphatic heterocycles. The Hall–Kier alpha value is -2.57. The van der Waals surface area contributed by atoms with Crippen molar-refractivity contribution in [1.29, 1.82) is 0 Å². The monoisotopic (exact) mass is 452 g/mol. The lowest BCUT2D eigenvalue weighted by atomic mass is 10.1. The quantitative estimate of drug-likeness (QED) is 0.637. The third kappa shape index (κ3) is 6.06. The van der Waals surface area contributed by atoms with Crippen molar-refractivity contribution in [3.05, 3.63) is 58.7 Å². The lowest BCUT2D eigenvalue weighted by molar-refractivity contribution is -0.151. The van der Waals surface area contributed by atoms with Crippen LogP contribution in [0.2, 0.25) is 0 Å². The molecule has 1 atom stereocenters. The first-order valence-corrected chi connectivity index (χ1v) is 12.0. The summed E-state index contributed by atoms with van der Waals surface area (Å²) in [6.07, 6.45) is -0.443. The molecule has 0 radical (unpaired) electrons. The number of carbonyl (C=O) groups is 1. The van der Waals surface area contributed by atoms with Gasteiger partial charge in [0.2, 0.25) is 0 Å². The van der Waals surface area contributed by atoms with Gasteiger partial charge in [-0.05, 0) is 54.2 Å². The number of aryl methyl sites for hydroxylation is 2. The van der Waals surface area contributed by atoms with Crippen molar-refractivity contribution < 1.29 is 19.0 Å². The molecule has 1 fully saturated rings. The van der Waals surface area contributed by atoms with Crippen LogP contribution >= 0.6 is 0 Å². The second-order valence-corrected chi connectivity index (χ2v) is 9.60. The van der Waals surface area contributed by atoms with Crippen molar-refractivity contribution in [1.82, 2.24) is 9.80 Å². The van der Waals surface area contributed by atoms with E-state index in [-0.39, 0.29) is 5.91 Å². The normalized spacial score (nSPS) is 18.4. The molecule has 4 rings (SSSR count). The summed E-state index contributed by atoms with van der Waals surface area (Å²) in [7, 11) is 0. The molecule has 1 unspecified atom stereocenters. The minimum atomic E-state index is -0.443. The Bertz CT molecular complexity index is 975. The zero-order chi connectivity index (χ0) is 23.4. The average molecular weight is 453 g/mol. The zero-order valence-electron chi connectivity index (χ0n) is 20.3. The van der Waals surface area contributed by atoms with Gasteiger partial charge in [-0.25, -0.2) is 0 Å². The van der Waals surface area contributed by atoms with E-state index in [9.17, 15) is 4.79 Å². The molecule has 0 saturated carbocycles. The Balaban J connectivity index is 1.43. The third-order valence-electron chi connectivity index (χ3n) is 6.28. The maximum atomic E-state index is 13.5. The second-order valence-electron chi connectivity index (χ2n) is 9.60. The summed E-state index contributed by atoms with van der Waals surface area (Å²) in [6.45, 7) is 13.7. The van der Waals surface area contributed by atoms with Crippen molar-refractivity contribution in [2.24, 2.45) is 5.92 Å². The molecular formula is C27H36N2O4. The van der Waals surface area contributed by atoms with Gasteiger partial charge in [-0.2, -0.15) is 0 Å². The zero-order valence-corrected chi connectivity index (χ0v) is 20.3. The highest BCUT2D eigenvalue weighted by molar-refractivity contribution is 5.81. The predicted molar refractivity (Wildman–Crippen MR) is 129 cm³/mol. The van der Waals surface area contributed by atoms with E-state index in [4.69, 9.17) is 14.2 Å². The highest BCUT2D eigenvalue weighted by Crippen LogP contribution is 2.31. The summed E-state index contributed by atoms with van der Waals surface area (Å²) in [4.78, 5) is 17.8. The summed E-state index contributed by atoms with van der Waals surface area (Å²) < 4.78 is 17.3. The molecule has 1 amide bonds. The van der Waals surface area contributed by atoms with Crippen LogP contribution in [0.25, 0.3) is 0 Å². The summed E-state index contributed by atoms with van der Waals surface area (Å²) in [5, 5.41) is 0. The van der Waals surface area contributed by atoms with Gasteiger partial charge in [0.1, 0.15) is 19.3 Å². The van der Waals surface area contributed by atoms with Crippen LogP contribution in [-0.2, 0) is 22.6 Å². The number of benzene rings is 2. The first-order chi connectivity index (χ1) is 15.9. The van der Waals surface area contributed by atoms with E-state index in [0.717, 1.165) is 30.2 Å². The number of ether oxygens (including phenoxy) is 3. The third-order valence-corrected chi connectivity index (χ3v) is 6.28. The van der Waals surface area contributed by atoms with Crippen molar-refractivity contribution in [2.45, 2.75) is 46.9 Å². The fourth-order valence-electron chi connectivity index (χ4n) is 4.44. The lowest BCUT2D eigenvalue weighted by Gasteiger charge is -2.35. The Morgan fingerprint density at radius 1 is 1.00 bits per heavy atom. The standard InChI is InChI=1S/C27H36N2O4/c1-19(2)15-29(17-23-7-8-24-25(14-23)33-12-11-32-24)27(30)26-18-28(9-10-31-26)16-22-6-5-20(3)21(4)13-22/h5-8,13-14,19,26H,9-12,15-18H2,1-4H3. The molecule has 0 N–H and O–H groups in total. The van der Waals surface area contributed by atoms with Gasteiger partial charge in [-0.1, -0.05) is 38.1 Å². The molecule has 0 spiro atoms. The molecule has 33 heavy (non-hydrogen) atoms. The maximum Gasteiger partial charge on any atom is 0.253 e. The van der Waals surface area contributed by atoms with Crippen LogP contribution in [0.1, 0.15) is 36.1 Å². The summed E-state index contributed by atoms with van der Waals surface area (Å²) in [6, 6.07) is 12.5. The van der Waals surface area contributed by atoms with E-state index >= 15 is 0 Å². The highest BCUT2D eigenvalue weighted by atomic mass is 16.6. The minimum Gasteiger partial charge on any atom is -0.486 e. The molecule has 2 aromatic rings. The number of morpholine rings is 1. The van der Waals surface area contributed by atoms with E-state index in [1.54, 1.807) is 0 Å². The van der Waals surface area contributed by atoms with Crippen LogP contribution in [0, 0.1) is 19.8 Å². The molecule has 0 bridgehead atoms. The van der Waals surface area contributed by atoms with Crippen LogP contribution < -0.4 is 9.47 Å². The number of rotatable bonds is 7. The largest absolute Gasteiger partial charge is 0.486 e. The predicted octanol–water partition coefficient (Wildman–Crippen LogP) is 3.96. The Morgan fingerprint density at radius 3 is 2.52 bits per heavy atom. The van der Waals surface area contributed by atoms with Gasteiger partial charge >= 0.3 is 0 Å². The van der Waals surface area contributed by atoms with E-state index in [2.05, 4.69) is 50.8 Å². The van der Waals surface area contributed by atoms with Gasteiger partial charge in [-0.3, -0.25) is 9.69 Å². The maximum absolute atomic E-state index is 13.5. The van der Waals surface area contributed by atoms with E-state index in [1.165, 1.54) is 16.7 Å². The topological polar surface area (TPSA) is 51.2 Å². The molecule has 2 heterocycles. The van der Waals surface area contributed by atoms with Crippen molar-refractivity contribution in [3.63, 3.8) is 0 Å². The molecule has 178 valence electrons. The summed E-state index contributed by atoms with van der Waals surface area (Å²) >= 11 is 0. The van der Waals surface area contributed by atoms with Crippen LogP contribution in [0.5, 0.6) is 11.5 Å². The number of hydrogen-bond acceptors (Lipinski definition) is 5. The molecule has 0 aromatic heterocycles. The Labute approximate surface area is 197 Å². The van der Waals surface area contributed by atoms with Gasteiger partial charge < -0.3 is 19.1 Å². The molecule has 0 aliphatic carbocycles. The molecule has 2 aliphatic rings. The van der Waals surface area contributed by atoms with E-state index in [0.29, 0.717) is 45.4 Å². The number of fused-ring (bicyclic) bond motifs is 1. The van der Waals surface area contributed by atoms with Gasteiger partial charge in [0, 0.05) is 32.7 Å². The number of amides is 1. The molecule has 6 nitrogen and oxygen atoms in total. The lowest BCUT2D eigenvalue weighted by Crippen LogP contribution is -2.51. The van der Waals surface area contributed by atoms with Crippen LogP contribution in [0.3, 0.4) is 0 Å². The van der Waals surface area contributed by atoms with Crippen LogP contribution in [0.15, 0.2) is 36.4 Å². The molecule has 6 heteroatoms. The first-order valence-electron chi connectivity index (χ1n) is 12.0. The summed E-state index contributed by atoms with van der Waals surface area (Å²) in [5.74, 6) is 1.94. The van der Waals surface area contributed by atoms with Crippen LogP contribution in [0.4, 0.5) is 0 Å². The minimum absolute atomic E-state index is 0.0587. The fraction of sp³-hybridized carbons (Fsp3) is 0.519. The number of nitrogens with zero attached hydrogens (tertiary/aromatic N) is 2. The van der Waals surface area contributed by atoms with E-state index in [1.807, 2.05) is 23.1 Å². The smallest absolute Gasteiger partial charge is 0.253 e. The average Bonchev–Trinajstić information content (AvgIpc) is 2.80. The number of hydrogen-bond donors (Lipinski definition) is 0. The van der Waals surface area contributed by atoms with Gasteiger partial charge in [0.25, 0.3) is 5.91 Å². The molecular weight excluding hydrogens is 416 g/mol. The van der Waals surface area contributed by atoms with Crippen molar-refractivity contribution >= 4 is 5.91 Å². The molecule has 1 saturated heterocycles. The highest BCUT2D eigenvalue weighted by Gasteiger charge is 2.31. The SMILES string of the molecule is Cc1ccc(CN2CCOC(C(=O)N(Cc3ccc4c(c3)OCCO4)CC(C)C)C2)cc1C. The van der Waals surface area contributed by atoms with Crippen molar-refractivity contribution in [2.75, 3.05) is 39.5 Å². The Kier molecular flexibility index (Phi) is 7.56. The molecule has 2 aromatic carbocycles. The van der Waals surface area contributed by atoms with Crippen molar-refractivity contribution in [3.8, 4) is 11.5 Å².